The molecule has 1 fully saturated rings. The average Bonchev–Trinajstić information content (AvgIpc) is 3.29. The fourth-order valence-corrected chi connectivity index (χ4v) is 4.63. The van der Waals surface area contributed by atoms with Gasteiger partial charge in [0.1, 0.15) is 12.4 Å². The number of nitrogens with zero attached hydrogens (tertiary/aromatic N) is 2. The molecule has 1 aliphatic heterocycles. The van der Waals surface area contributed by atoms with Crippen molar-refractivity contribution in [2.24, 2.45) is 0 Å². The highest BCUT2D eigenvalue weighted by atomic mass is 32.2. The molecule has 6 nitrogen and oxygen atoms in total. The lowest BCUT2D eigenvalue weighted by atomic mass is 10.2. The molecular formula is C21H19N3O3S2. The molecule has 2 aromatic carbocycles. The van der Waals surface area contributed by atoms with E-state index < -0.39 is 0 Å². The van der Waals surface area contributed by atoms with Gasteiger partial charge in [0.15, 0.2) is 5.13 Å². The van der Waals surface area contributed by atoms with Crippen LogP contribution in [0, 0.1) is 0 Å². The molecule has 0 saturated carbocycles. The minimum Gasteiger partial charge on any atom is -0.492 e. The maximum atomic E-state index is 11.6. The van der Waals surface area contributed by atoms with Gasteiger partial charge in [0.25, 0.3) is 11.1 Å². The van der Waals surface area contributed by atoms with Gasteiger partial charge in [-0.3, -0.25) is 14.9 Å². The van der Waals surface area contributed by atoms with Crippen LogP contribution in [0.5, 0.6) is 5.75 Å². The Kier molecular flexibility index (Phi) is 5.82. The zero-order valence-corrected chi connectivity index (χ0v) is 17.4. The van der Waals surface area contributed by atoms with Crippen molar-refractivity contribution in [2.45, 2.75) is 6.92 Å². The van der Waals surface area contributed by atoms with Gasteiger partial charge in [0.2, 0.25) is 0 Å². The number of fused-ring (bicyclic) bond motifs is 1. The third kappa shape index (κ3) is 4.60. The summed E-state index contributed by atoms with van der Waals surface area (Å²) in [4.78, 5) is 30.1. The lowest BCUT2D eigenvalue weighted by Crippen LogP contribution is -2.27. The Bertz CT molecular complexity index is 1040. The summed E-state index contributed by atoms with van der Waals surface area (Å²) in [5.74, 6) is 0.405. The SMILES string of the molecule is CCN(CCOc1ccc(/C=C2\SC(=O)NC2=O)cc1)c1nc2ccccc2s1. The van der Waals surface area contributed by atoms with Crippen molar-refractivity contribution >= 4 is 55.7 Å². The number of aromatic nitrogens is 1. The standard InChI is InChI=1S/C21H19N3O3S2/c1-2-24(20-22-16-5-3-4-6-17(16)28-20)11-12-27-15-9-7-14(8-10-15)13-18-19(25)23-21(26)29-18/h3-10,13H,2,11-12H2,1H3,(H,23,25,26)/b18-13-. The van der Waals surface area contributed by atoms with Gasteiger partial charge in [-0.15, -0.1) is 0 Å². The van der Waals surface area contributed by atoms with Gasteiger partial charge in [-0.2, -0.15) is 0 Å². The Labute approximate surface area is 176 Å². The van der Waals surface area contributed by atoms with Crippen LogP contribution in [0.2, 0.25) is 0 Å². The molecule has 4 rings (SSSR count). The molecule has 29 heavy (non-hydrogen) atoms. The van der Waals surface area contributed by atoms with E-state index in [-0.39, 0.29) is 11.1 Å². The Hall–Kier alpha value is -2.84. The third-order valence-electron chi connectivity index (χ3n) is 4.38. The van der Waals surface area contributed by atoms with E-state index in [4.69, 9.17) is 9.72 Å². The van der Waals surface area contributed by atoms with E-state index in [0.717, 1.165) is 46.8 Å². The summed E-state index contributed by atoms with van der Waals surface area (Å²) in [5, 5.41) is 2.91. The fourth-order valence-electron chi connectivity index (χ4n) is 2.89. The van der Waals surface area contributed by atoms with Crippen LogP contribution in [0.3, 0.4) is 0 Å². The van der Waals surface area contributed by atoms with Crippen LogP contribution < -0.4 is 15.0 Å². The van der Waals surface area contributed by atoms with Gasteiger partial charge >= 0.3 is 0 Å². The van der Waals surface area contributed by atoms with Gasteiger partial charge in [-0.1, -0.05) is 35.6 Å². The van der Waals surface area contributed by atoms with Crippen LogP contribution in [0.15, 0.2) is 53.4 Å². The number of carbonyl (C=O) groups is 2. The molecule has 1 saturated heterocycles. The number of benzene rings is 2. The summed E-state index contributed by atoms with van der Waals surface area (Å²) in [5.41, 5.74) is 1.86. The van der Waals surface area contributed by atoms with E-state index in [1.807, 2.05) is 42.5 Å². The largest absolute Gasteiger partial charge is 0.492 e. The normalized spacial score (nSPS) is 15.1. The summed E-state index contributed by atoms with van der Waals surface area (Å²) >= 11 is 2.60. The molecule has 0 bridgehead atoms. The second kappa shape index (κ2) is 8.67. The molecule has 0 unspecified atom stereocenters. The second-order valence-electron chi connectivity index (χ2n) is 6.31. The number of hydrogen-bond acceptors (Lipinski definition) is 7. The Morgan fingerprint density at radius 2 is 1.93 bits per heavy atom. The second-order valence-corrected chi connectivity index (χ2v) is 8.34. The van der Waals surface area contributed by atoms with Crippen molar-refractivity contribution in [3.8, 4) is 5.75 Å². The molecule has 1 aromatic heterocycles. The van der Waals surface area contributed by atoms with Gasteiger partial charge in [0.05, 0.1) is 21.7 Å². The molecule has 0 spiro atoms. The molecule has 2 amide bonds. The highest BCUT2D eigenvalue weighted by Crippen LogP contribution is 2.28. The summed E-state index contributed by atoms with van der Waals surface area (Å²) < 4.78 is 7.06. The molecule has 0 radical (unpaired) electrons. The molecular weight excluding hydrogens is 406 g/mol. The molecule has 3 aromatic rings. The first-order valence-corrected chi connectivity index (χ1v) is 10.8. The molecule has 1 aliphatic rings. The number of anilines is 1. The highest BCUT2D eigenvalue weighted by molar-refractivity contribution is 8.18. The number of para-hydroxylation sites is 1. The van der Waals surface area contributed by atoms with Crippen molar-refractivity contribution in [3.05, 3.63) is 59.0 Å². The number of thiazole rings is 1. The third-order valence-corrected chi connectivity index (χ3v) is 6.29. The van der Waals surface area contributed by atoms with Crippen LogP contribution >= 0.6 is 23.1 Å². The maximum absolute atomic E-state index is 11.6. The van der Waals surface area contributed by atoms with E-state index >= 15 is 0 Å². The van der Waals surface area contributed by atoms with Gasteiger partial charge in [-0.05, 0) is 54.6 Å². The summed E-state index contributed by atoms with van der Waals surface area (Å²) in [6.45, 7) is 4.24. The van der Waals surface area contributed by atoms with Crippen LogP contribution in [0.4, 0.5) is 9.93 Å². The minimum atomic E-state index is -0.352. The zero-order chi connectivity index (χ0) is 20.2. The number of likely N-dealkylation sites (N-methyl/N-ethyl adjacent to an activating group) is 1. The number of amides is 2. The Balaban J connectivity index is 1.34. The highest BCUT2D eigenvalue weighted by Gasteiger charge is 2.24. The Morgan fingerprint density at radius 3 is 2.62 bits per heavy atom. The molecule has 148 valence electrons. The van der Waals surface area contributed by atoms with E-state index in [9.17, 15) is 9.59 Å². The van der Waals surface area contributed by atoms with Crippen LogP contribution in [0.1, 0.15) is 12.5 Å². The van der Waals surface area contributed by atoms with Crippen molar-refractivity contribution in [2.75, 3.05) is 24.6 Å². The van der Waals surface area contributed by atoms with E-state index in [2.05, 4.69) is 23.2 Å². The number of nitrogens with one attached hydrogen (secondary N) is 1. The maximum Gasteiger partial charge on any atom is 0.290 e. The van der Waals surface area contributed by atoms with Crippen LogP contribution in [-0.2, 0) is 4.79 Å². The minimum absolute atomic E-state index is 0.338. The topological polar surface area (TPSA) is 71.5 Å². The first-order chi connectivity index (χ1) is 14.1. The monoisotopic (exact) mass is 425 g/mol. The van der Waals surface area contributed by atoms with Crippen LogP contribution in [-0.4, -0.2) is 35.8 Å². The van der Waals surface area contributed by atoms with E-state index in [1.165, 1.54) is 4.70 Å². The summed E-state index contributed by atoms with van der Waals surface area (Å²) in [7, 11) is 0. The van der Waals surface area contributed by atoms with Gasteiger partial charge in [-0.25, -0.2) is 4.98 Å². The van der Waals surface area contributed by atoms with Gasteiger partial charge in [0, 0.05) is 6.54 Å². The summed E-state index contributed by atoms with van der Waals surface area (Å²) in [6.07, 6.45) is 1.70. The molecule has 2 heterocycles. The quantitative estimate of drug-likeness (QED) is 0.561. The smallest absolute Gasteiger partial charge is 0.290 e. The van der Waals surface area contributed by atoms with Crippen molar-refractivity contribution in [1.29, 1.82) is 0 Å². The van der Waals surface area contributed by atoms with Crippen molar-refractivity contribution in [3.63, 3.8) is 0 Å². The van der Waals surface area contributed by atoms with E-state index in [1.54, 1.807) is 17.4 Å². The van der Waals surface area contributed by atoms with Crippen LogP contribution in [0.25, 0.3) is 16.3 Å². The number of imide groups is 1. The summed E-state index contributed by atoms with van der Waals surface area (Å²) in [6, 6.07) is 15.6. The lowest BCUT2D eigenvalue weighted by molar-refractivity contribution is -0.115. The molecule has 1 N–H and O–H groups in total. The Morgan fingerprint density at radius 1 is 1.14 bits per heavy atom. The first-order valence-electron chi connectivity index (χ1n) is 9.20. The molecule has 0 atom stereocenters. The predicted molar refractivity (Wildman–Crippen MR) is 119 cm³/mol. The molecule has 0 aliphatic carbocycles. The number of hydrogen-bond donors (Lipinski definition) is 1. The van der Waals surface area contributed by atoms with E-state index in [0.29, 0.717) is 11.5 Å². The average molecular weight is 426 g/mol. The zero-order valence-electron chi connectivity index (χ0n) is 15.8. The molecule has 8 heteroatoms. The fraction of sp³-hybridized carbons (Fsp3) is 0.190. The van der Waals surface area contributed by atoms with Crippen molar-refractivity contribution < 1.29 is 14.3 Å². The number of thioether (sulfide) groups is 1. The predicted octanol–water partition coefficient (Wildman–Crippen LogP) is 4.53. The first kappa shape index (κ1) is 19.5. The number of ether oxygens (including phenoxy) is 1. The number of carbonyl (C=O) groups excluding carboxylic acids is 2. The van der Waals surface area contributed by atoms with Gasteiger partial charge < -0.3 is 9.64 Å². The number of rotatable bonds is 7. The lowest BCUT2D eigenvalue weighted by Gasteiger charge is -2.19. The van der Waals surface area contributed by atoms with Crippen molar-refractivity contribution in [1.82, 2.24) is 10.3 Å².